The van der Waals surface area contributed by atoms with Gasteiger partial charge in [0, 0.05) is 16.1 Å². The summed E-state index contributed by atoms with van der Waals surface area (Å²) in [7, 11) is 0. The van der Waals surface area contributed by atoms with Crippen LogP contribution in [0.25, 0.3) is 17.5 Å². The number of rotatable bonds is 8. The Morgan fingerprint density at radius 1 is 1.21 bits per heavy atom. The summed E-state index contributed by atoms with van der Waals surface area (Å²) in [6, 6.07) is 14.0. The van der Waals surface area contributed by atoms with Gasteiger partial charge >= 0.3 is 5.97 Å². The van der Waals surface area contributed by atoms with Gasteiger partial charge in [-0.1, -0.05) is 42.5 Å². The van der Waals surface area contributed by atoms with Crippen molar-refractivity contribution in [1.29, 1.82) is 0 Å². The number of thioether (sulfide) groups is 1. The van der Waals surface area contributed by atoms with Crippen LogP contribution in [0.3, 0.4) is 0 Å². The van der Waals surface area contributed by atoms with Gasteiger partial charge in [0.2, 0.25) is 5.89 Å². The molecule has 1 N–H and O–H groups in total. The lowest BCUT2D eigenvalue weighted by molar-refractivity contribution is -0.131. The predicted octanol–water partition coefficient (Wildman–Crippen LogP) is 5.17. The summed E-state index contributed by atoms with van der Waals surface area (Å²) >= 11 is 6.73. The van der Waals surface area contributed by atoms with Gasteiger partial charge in [-0.3, -0.25) is 0 Å². The summed E-state index contributed by atoms with van der Waals surface area (Å²) in [6.07, 6.45) is 3.11. The van der Waals surface area contributed by atoms with Crippen molar-refractivity contribution in [2.45, 2.75) is 5.22 Å². The van der Waals surface area contributed by atoms with Crippen LogP contribution < -0.4 is 4.74 Å². The number of aromatic nitrogens is 2. The van der Waals surface area contributed by atoms with E-state index in [1.807, 2.05) is 0 Å². The first kappa shape index (κ1) is 19.7. The molecule has 0 atom stereocenters. The SMILES string of the molecule is C=CCOc1ccccc1/C=C(\Sc1nnc(-c2ccc(Cl)cc2)o1)C(=O)O. The zero-order chi connectivity index (χ0) is 19.9. The van der Waals surface area contributed by atoms with Crippen LogP contribution in [0, 0.1) is 0 Å². The standard InChI is InChI=1S/C20H15ClN2O4S/c1-2-11-26-16-6-4-3-5-14(16)12-17(19(24)25)28-20-23-22-18(27-20)13-7-9-15(21)10-8-13/h2-10,12H,1,11H2,(H,24,25)/b17-12-. The van der Waals surface area contributed by atoms with Crippen molar-refractivity contribution in [3.63, 3.8) is 0 Å². The third-order valence-electron chi connectivity index (χ3n) is 3.47. The number of carboxylic acid groups (broad SMARTS) is 1. The van der Waals surface area contributed by atoms with E-state index in [2.05, 4.69) is 16.8 Å². The van der Waals surface area contributed by atoms with Crippen molar-refractivity contribution >= 4 is 35.4 Å². The van der Waals surface area contributed by atoms with Crippen molar-refractivity contribution in [3.8, 4) is 17.2 Å². The number of carboxylic acids is 1. The van der Waals surface area contributed by atoms with Crippen LogP contribution in [0.5, 0.6) is 5.75 Å². The van der Waals surface area contributed by atoms with Crippen LogP contribution in [0.1, 0.15) is 5.56 Å². The van der Waals surface area contributed by atoms with Gasteiger partial charge in [-0.25, -0.2) is 4.79 Å². The Balaban J connectivity index is 1.85. The van der Waals surface area contributed by atoms with E-state index in [0.717, 1.165) is 11.8 Å². The number of aliphatic carboxylic acids is 1. The Morgan fingerprint density at radius 3 is 2.68 bits per heavy atom. The van der Waals surface area contributed by atoms with Crippen LogP contribution in [0.2, 0.25) is 5.02 Å². The van der Waals surface area contributed by atoms with E-state index in [4.69, 9.17) is 20.8 Å². The molecule has 0 aliphatic rings. The minimum atomic E-state index is -1.12. The maximum absolute atomic E-state index is 11.7. The largest absolute Gasteiger partial charge is 0.489 e. The van der Waals surface area contributed by atoms with Crippen LogP contribution in [-0.4, -0.2) is 27.9 Å². The summed E-state index contributed by atoms with van der Waals surface area (Å²) in [5, 5.41) is 18.1. The van der Waals surface area contributed by atoms with Crippen LogP contribution >= 0.6 is 23.4 Å². The third-order valence-corrected chi connectivity index (χ3v) is 4.57. The fourth-order valence-corrected chi connectivity index (χ4v) is 3.00. The van der Waals surface area contributed by atoms with E-state index in [-0.39, 0.29) is 16.0 Å². The monoisotopic (exact) mass is 414 g/mol. The molecule has 0 aliphatic heterocycles. The molecule has 3 aromatic rings. The highest BCUT2D eigenvalue weighted by molar-refractivity contribution is 8.03. The Kier molecular flexibility index (Phi) is 6.52. The molecule has 6 nitrogen and oxygen atoms in total. The quantitative estimate of drug-likeness (QED) is 0.309. The molecule has 142 valence electrons. The van der Waals surface area contributed by atoms with Gasteiger partial charge < -0.3 is 14.3 Å². The predicted molar refractivity (Wildman–Crippen MR) is 108 cm³/mol. The van der Waals surface area contributed by atoms with Gasteiger partial charge in [0.1, 0.15) is 17.3 Å². The average Bonchev–Trinajstić information content (AvgIpc) is 3.16. The molecular formula is C20H15ClN2O4S. The van der Waals surface area contributed by atoms with Crippen LogP contribution in [0.4, 0.5) is 0 Å². The molecule has 0 spiro atoms. The van der Waals surface area contributed by atoms with Gasteiger partial charge in [0.05, 0.1) is 0 Å². The Morgan fingerprint density at radius 2 is 1.96 bits per heavy atom. The van der Waals surface area contributed by atoms with Crippen molar-refractivity contribution in [3.05, 3.63) is 76.7 Å². The lowest BCUT2D eigenvalue weighted by atomic mass is 10.2. The maximum atomic E-state index is 11.7. The lowest BCUT2D eigenvalue weighted by Crippen LogP contribution is -1.99. The molecule has 0 amide bonds. The number of para-hydroxylation sites is 1. The van der Waals surface area contributed by atoms with Crippen LogP contribution in [0.15, 0.2) is 75.7 Å². The summed E-state index contributed by atoms with van der Waals surface area (Å²) in [5.41, 5.74) is 1.31. The van der Waals surface area contributed by atoms with E-state index in [1.54, 1.807) is 54.6 Å². The van der Waals surface area contributed by atoms with E-state index in [9.17, 15) is 9.90 Å². The number of hydrogen-bond acceptors (Lipinski definition) is 6. The van der Waals surface area contributed by atoms with Crippen molar-refractivity contribution in [2.75, 3.05) is 6.61 Å². The van der Waals surface area contributed by atoms with E-state index in [0.29, 0.717) is 28.5 Å². The molecule has 1 heterocycles. The van der Waals surface area contributed by atoms with Gasteiger partial charge in [0.25, 0.3) is 5.22 Å². The van der Waals surface area contributed by atoms with Crippen molar-refractivity contribution in [1.82, 2.24) is 10.2 Å². The molecule has 8 heteroatoms. The second-order valence-electron chi connectivity index (χ2n) is 5.43. The summed E-state index contributed by atoms with van der Waals surface area (Å²) in [6.45, 7) is 3.92. The highest BCUT2D eigenvalue weighted by atomic mass is 35.5. The van der Waals surface area contributed by atoms with Gasteiger partial charge in [0.15, 0.2) is 0 Å². The number of halogens is 1. The van der Waals surface area contributed by atoms with Gasteiger partial charge in [-0.15, -0.1) is 10.2 Å². The fraction of sp³-hybridized carbons (Fsp3) is 0.0500. The Hall–Kier alpha value is -3.03. The summed E-state index contributed by atoms with van der Waals surface area (Å²) < 4.78 is 11.1. The molecule has 0 radical (unpaired) electrons. The first-order valence-electron chi connectivity index (χ1n) is 8.12. The number of nitrogens with zero attached hydrogens (tertiary/aromatic N) is 2. The van der Waals surface area contributed by atoms with E-state index >= 15 is 0 Å². The molecule has 0 saturated carbocycles. The molecule has 3 rings (SSSR count). The van der Waals surface area contributed by atoms with E-state index in [1.165, 1.54) is 6.08 Å². The minimum Gasteiger partial charge on any atom is -0.489 e. The molecule has 0 bridgehead atoms. The summed E-state index contributed by atoms with van der Waals surface area (Å²) in [5.74, 6) is -0.289. The highest BCUT2D eigenvalue weighted by Gasteiger charge is 2.17. The highest BCUT2D eigenvalue weighted by Crippen LogP contribution is 2.32. The first-order chi connectivity index (χ1) is 13.6. The molecule has 2 aromatic carbocycles. The zero-order valence-electron chi connectivity index (χ0n) is 14.5. The second kappa shape index (κ2) is 9.25. The van der Waals surface area contributed by atoms with Gasteiger partial charge in [-0.2, -0.15) is 0 Å². The average molecular weight is 415 g/mol. The fourth-order valence-electron chi connectivity index (χ4n) is 2.21. The van der Waals surface area contributed by atoms with Crippen molar-refractivity contribution < 1.29 is 19.1 Å². The van der Waals surface area contributed by atoms with E-state index < -0.39 is 5.97 Å². The number of ether oxygens (including phenoxy) is 1. The first-order valence-corrected chi connectivity index (χ1v) is 9.31. The minimum absolute atomic E-state index is 0.0148. The lowest BCUT2D eigenvalue weighted by Gasteiger charge is -2.07. The molecule has 0 saturated heterocycles. The molecular weight excluding hydrogens is 400 g/mol. The molecule has 0 unspecified atom stereocenters. The third kappa shape index (κ3) is 5.03. The van der Waals surface area contributed by atoms with Gasteiger partial charge in [-0.05, 0) is 48.2 Å². The zero-order valence-corrected chi connectivity index (χ0v) is 16.1. The topological polar surface area (TPSA) is 85.5 Å². The normalized spacial score (nSPS) is 11.2. The molecule has 0 fully saturated rings. The molecule has 1 aromatic heterocycles. The maximum Gasteiger partial charge on any atom is 0.342 e. The summed E-state index contributed by atoms with van der Waals surface area (Å²) in [4.78, 5) is 11.7. The van der Waals surface area contributed by atoms with Crippen molar-refractivity contribution in [2.24, 2.45) is 0 Å². The molecule has 0 aliphatic carbocycles. The molecule has 28 heavy (non-hydrogen) atoms. The second-order valence-corrected chi connectivity index (χ2v) is 6.86. The van der Waals surface area contributed by atoms with Crippen LogP contribution in [-0.2, 0) is 4.79 Å². The number of benzene rings is 2. The Labute approximate surface area is 170 Å². The number of carbonyl (C=O) groups is 1. The smallest absolute Gasteiger partial charge is 0.342 e. The Bertz CT molecular complexity index is 1020. The number of hydrogen-bond donors (Lipinski definition) is 1.